The lowest BCUT2D eigenvalue weighted by Crippen LogP contribution is -2.36. The first-order chi connectivity index (χ1) is 20.0. The molecular formula is C34H52N3O4+. The highest BCUT2D eigenvalue weighted by Crippen LogP contribution is 2.38. The monoisotopic (exact) mass is 566 g/mol. The van der Waals surface area contributed by atoms with Crippen LogP contribution in [0.15, 0.2) is 47.1 Å². The minimum atomic E-state index is -0.353. The maximum absolute atomic E-state index is 10.5. The van der Waals surface area contributed by atoms with Crippen LogP contribution in [-0.2, 0) is 6.42 Å². The first-order valence-electron chi connectivity index (χ1n) is 15.9. The molecule has 0 aromatic heterocycles. The van der Waals surface area contributed by atoms with Crippen LogP contribution < -0.4 is 15.4 Å². The van der Waals surface area contributed by atoms with Gasteiger partial charge in [-0.1, -0.05) is 39.2 Å². The number of nitrogens with zero attached hydrogens (tertiary/aromatic N) is 1. The molecule has 4 atom stereocenters. The van der Waals surface area contributed by atoms with Gasteiger partial charge in [0.15, 0.2) is 23.2 Å². The zero-order valence-corrected chi connectivity index (χ0v) is 25.3. The van der Waals surface area contributed by atoms with E-state index in [1.807, 2.05) is 25.3 Å². The average molecular weight is 567 g/mol. The highest BCUT2D eigenvalue weighted by molar-refractivity contribution is 5.83. The molecule has 4 unspecified atom stereocenters. The summed E-state index contributed by atoms with van der Waals surface area (Å²) in [5.41, 5.74) is 2.10. The van der Waals surface area contributed by atoms with E-state index in [2.05, 4.69) is 42.7 Å². The third kappa shape index (κ3) is 9.53. The number of likely N-dealkylation sites (N-methyl/N-ethyl adjacent to an activating group) is 1. The smallest absolute Gasteiger partial charge is 0.196 e. The molecule has 0 bridgehead atoms. The number of benzene rings is 1. The van der Waals surface area contributed by atoms with E-state index in [-0.39, 0.29) is 17.9 Å². The van der Waals surface area contributed by atoms with Crippen LogP contribution in [-0.4, -0.2) is 65.7 Å². The minimum absolute atomic E-state index is 0.0792. The summed E-state index contributed by atoms with van der Waals surface area (Å²) in [6.07, 6.45) is 20.1. The molecular weight excluding hydrogens is 514 g/mol. The molecule has 1 aromatic rings. The maximum atomic E-state index is 10.5. The quantitative estimate of drug-likeness (QED) is 0.145. The fourth-order valence-corrected chi connectivity index (χ4v) is 6.17. The van der Waals surface area contributed by atoms with E-state index in [0.717, 1.165) is 49.7 Å². The second-order valence-corrected chi connectivity index (χ2v) is 11.9. The Balaban J connectivity index is 1.33. The molecule has 2 aliphatic heterocycles. The largest absolute Gasteiger partial charge is 0.504 e. The number of aliphatic imine (C=N–C) groups is 1. The van der Waals surface area contributed by atoms with Crippen molar-refractivity contribution < 1.29 is 19.7 Å². The number of aromatic hydroxyl groups is 1. The molecule has 41 heavy (non-hydrogen) atoms. The number of rotatable bonds is 18. The van der Waals surface area contributed by atoms with Gasteiger partial charge < -0.3 is 25.0 Å². The number of aryl methyl sites for hydroxylation is 1. The summed E-state index contributed by atoms with van der Waals surface area (Å²) in [5.74, 6) is 2.97. The van der Waals surface area contributed by atoms with E-state index in [1.165, 1.54) is 44.4 Å². The van der Waals surface area contributed by atoms with Crippen molar-refractivity contribution in [2.75, 3.05) is 26.2 Å². The SMILES string of the molecule is CCCCC1C=C[C-](CCc2ccc(O)c(OCC(NCC)C3=C[C+](C(CNCC(C)O)C4CCCC4)C=N3)c2)[OH+]1. The Kier molecular flexibility index (Phi) is 12.5. The Morgan fingerprint density at radius 2 is 2.05 bits per heavy atom. The van der Waals surface area contributed by atoms with Crippen LogP contribution in [0.5, 0.6) is 11.5 Å². The van der Waals surface area contributed by atoms with E-state index in [1.54, 1.807) is 6.07 Å². The minimum Gasteiger partial charge on any atom is -0.504 e. The summed E-state index contributed by atoms with van der Waals surface area (Å²) < 4.78 is 11.1. The summed E-state index contributed by atoms with van der Waals surface area (Å²) in [6.45, 7) is 8.75. The van der Waals surface area contributed by atoms with Crippen molar-refractivity contribution in [2.24, 2.45) is 16.8 Å². The van der Waals surface area contributed by atoms with Crippen LogP contribution in [0, 0.1) is 23.9 Å². The Hall–Kier alpha value is -2.45. The number of phenolic OH excluding ortho intramolecular Hbond substituents is 1. The molecule has 0 amide bonds. The van der Waals surface area contributed by atoms with Gasteiger partial charge in [0, 0.05) is 19.5 Å². The van der Waals surface area contributed by atoms with Gasteiger partial charge >= 0.3 is 0 Å². The Morgan fingerprint density at radius 3 is 2.80 bits per heavy atom. The third-order valence-corrected chi connectivity index (χ3v) is 8.48. The van der Waals surface area contributed by atoms with Crippen LogP contribution in [0.2, 0.25) is 0 Å². The van der Waals surface area contributed by atoms with Gasteiger partial charge in [-0.05, 0) is 69.2 Å². The van der Waals surface area contributed by atoms with Crippen molar-refractivity contribution >= 4 is 6.21 Å². The standard InChI is InChI=1S/C34H51N3O4/c1-4-6-11-28-15-16-29(41-28)14-12-25-13-17-33(39)34(18-25)40-23-32(36-5-2)31-19-27(21-37-31)30(22-35-20-24(3)38)26-9-7-8-10-26/h13,15-19,21,24,26,28,30,32,35-36,38,41H,4-12,14,20,22-23H2,1-3H3/p+1. The van der Waals surface area contributed by atoms with Crippen molar-refractivity contribution in [3.8, 4) is 11.5 Å². The molecule has 5 N–H and O–H groups in total. The van der Waals surface area contributed by atoms with Gasteiger partial charge in [-0.25, -0.2) is 0 Å². The Morgan fingerprint density at radius 1 is 1.22 bits per heavy atom. The zero-order valence-electron chi connectivity index (χ0n) is 25.3. The summed E-state index contributed by atoms with van der Waals surface area (Å²) >= 11 is 0. The number of aliphatic hydroxyl groups excluding tert-OH is 1. The van der Waals surface area contributed by atoms with Gasteiger partial charge in [-0.15, -0.1) is 17.1 Å². The number of phenols is 1. The van der Waals surface area contributed by atoms with Gasteiger partial charge in [0.1, 0.15) is 30.9 Å². The van der Waals surface area contributed by atoms with Crippen molar-refractivity contribution in [3.63, 3.8) is 0 Å². The lowest BCUT2D eigenvalue weighted by atomic mass is 9.81. The van der Waals surface area contributed by atoms with Gasteiger partial charge in [0.25, 0.3) is 0 Å². The number of hydrogen-bond acceptors (Lipinski definition) is 6. The van der Waals surface area contributed by atoms with Gasteiger partial charge in [0.2, 0.25) is 0 Å². The third-order valence-electron chi connectivity index (χ3n) is 8.48. The fourth-order valence-electron chi connectivity index (χ4n) is 6.17. The molecule has 0 saturated heterocycles. The number of ether oxygens (including phenoxy) is 2. The van der Waals surface area contributed by atoms with Gasteiger partial charge in [-0.2, -0.15) is 0 Å². The molecule has 1 aromatic carbocycles. The number of allylic oxidation sites excluding steroid dienone is 1. The topological polar surface area (TPSA) is 98.9 Å². The molecule has 4 rings (SSSR count). The molecule has 0 spiro atoms. The highest BCUT2D eigenvalue weighted by atomic mass is 16.5. The number of unbranched alkanes of at least 4 members (excludes halogenated alkanes) is 1. The number of nitrogens with one attached hydrogen (secondary N) is 2. The first-order valence-corrected chi connectivity index (χ1v) is 15.9. The highest BCUT2D eigenvalue weighted by Gasteiger charge is 2.39. The molecule has 7 nitrogen and oxygen atoms in total. The molecule has 1 fully saturated rings. The Labute approximate surface area is 247 Å². The van der Waals surface area contributed by atoms with Crippen LogP contribution in [0.1, 0.15) is 77.7 Å². The lowest BCUT2D eigenvalue weighted by molar-refractivity contribution is -0.0480. The lowest BCUT2D eigenvalue weighted by Gasteiger charge is -2.22. The van der Waals surface area contributed by atoms with E-state index >= 15 is 0 Å². The molecule has 1 saturated carbocycles. The average Bonchev–Trinajstić information content (AvgIpc) is 3.75. The van der Waals surface area contributed by atoms with Crippen molar-refractivity contribution in [2.45, 2.75) is 96.8 Å². The molecule has 2 heterocycles. The summed E-state index contributed by atoms with van der Waals surface area (Å²) in [4.78, 5) is 4.82. The van der Waals surface area contributed by atoms with E-state index in [9.17, 15) is 10.2 Å². The van der Waals surface area contributed by atoms with Crippen molar-refractivity contribution in [3.05, 3.63) is 59.7 Å². The number of hydrogen-bond donors (Lipinski definition) is 4. The molecule has 0 radical (unpaired) electrons. The predicted octanol–water partition coefficient (Wildman–Crippen LogP) is 5.19. The molecule has 3 aliphatic rings. The molecule has 1 aliphatic carbocycles. The Bertz CT molecular complexity index is 1020. The summed E-state index contributed by atoms with van der Waals surface area (Å²) in [5, 5.41) is 27.2. The number of aliphatic hydroxyl groups is 3. The van der Waals surface area contributed by atoms with E-state index < -0.39 is 0 Å². The first kappa shape index (κ1) is 31.5. The van der Waals surface area contributed by atoms with Gasteiger partial charge in [-0.3, -0.25) is 5.32 Å². The molecule has 7 heteroatoms. The van der Waals surface area contributed by atoms with Crippen LogP contribution in [0.25, 0.3) is 0 Å². The fraction of sp³-hybridized carbons (Fsp3) is 0.618. The summed E-state index contributed by atoms with van der Waals surface area (Å²) in [6, 6.07) is 5.58. The molecule has 226 valence electrons. The van der Waals surface area contributed by atoms with Crippen molar-refractivity contribution in [1.29, 1.82) is 0 Å². The van der Waals surface area contributed by atoms with Crippen molar-refractivity contribution in [1.82, 2.24) is 10.6 Å². The normalized spacial score (nSPS) is 21.1. The maximum Gasteiger partial charge on any atom is 0.196 e. The van der Waals surface area contributed by atoms with Crippen LogP contribution in [0.4, 0.5) is 0 Å². The summed E-state index contributed by atoms with van der Waals surface area (Å²) in [7, 11) is 0. The second-order valence-electron chi connectivity index (χ2n) is 11.9. The predicted molar refractivity (Wildman–Crippen MR) is 167 cm³/mol. The van der Waals surface area contributed by atoms with Gasteiger partial charge in [0.05, 0.1) is 18.1 Å². The van der Waals surface area contributed by atoms with E-state index in [0.29, 0.717) is 36.8 Å². The van der Waals surface area contributed by atoms with E-state index in [4.69, 9.17) is 14.5 Å². The second kappa shape index (κ2) is 16.3. The zero-order chi connectivity index (χ0) is 29.0. The van der Waals surface area contributed by atoms with Crippen LogP contribution >= 0.6 is 0 Å². The van der Waals surface area contributed by atoms with Crippen LogP contribution in [0.3, 0.4) is 0 Å².